The Morgan fingerprint density at radius 3 is 2.51 bits per heavy atom. The summed E-state index contributed by atoms with van der Waals surface area (Å²) < 4.78 is 22.3. The predicted octanol–water partition coefficient (Wildman–Crippen LogP) is 4.55. The summed E-state index contributed by atoms with van der Waals surface area (Å²) in [5.74, 6) is 1.50. The molecule has 0 aliphatic rings. The molecule has 0 bridgehead atoms. The normalized spacial score (nSPS) is 10.8. The van der Waals surface area contributed by atoms with E-state index in [0.717, 1.165) is 5.56 Å². The number of anilines is 1. The zero-order chi connectivity index (χ0) is 24.4. The molecule has 0 atom stereocenters. The molecular formula is C25H20FN7O2. The number of nitrogens with one attached hydrogen (secondary N) is 1. The van der Waals surface area contributed by atoms with Gasteiger partial charge >= 0.3 is 0 Å². The minimum Gasteiger partial charge on any atom is -0.439 e. The Kier molecular flexibility index (Phi) is 5.76. The molecular weight excluding hydrogens is 449 g/mol. The number of amides is 1. The molecule has 3 heterocycles. The van der Waals surface area contributed by atoms with Gasteiger partial charge in [0.1, 0.15) is 35.2 Å². The average Bonchev–Trinajstić information content (AvgIpc) is 3.51. The summed E-state index contributed by atoms with van der Waals surface area (Å²) in [7, 11) is 1.68. The van der Waals surface area contributed by atoms with Crippen LogP contribution in [0.25, 0.3) is 17.1 Å². The number of carbonyl (C=O) groups excluding carboxylic acids is 1. The van der Waals surface area contributed by atoms with Crippen molar-refractivity contribution in [3.8, 4) is 28.7 Å². The molecule has 0 aliphatic carbocycles. The van der Waals surface area contributed by atoms with E-state index in [9.17, 15) is 9.18 Å². The van der Waals surface area contributed by atoms with Crippen molar-refractivity contribution in [2.24, 2.45) is 7.05 Å². The Morgan fingerprint density at radius 2 is 1.80 bits per heavy atom. The van der Waals surface area contributed by atoms with E-state index in [1.54, 1.807) is 85.8 Å². The van der Waals surface area contributed by atoms with Gasteiger partial charge in [-0.05, 0) is 61.5 Å². The second-order valence-corrected chi connectivity index (χ2v) is 7.71. The Hall–Kier alpha value is -4.86. The molecule has 10 heteroatoms. The molecule has 5 aromatic rings. The Morgan fingerprint density at radius 1 is 1.03 bits per heavy atom. The molecule has 0 saturated heterocycles. The van der Waals surface area contributed by atoms with Crippen LogP contribution in [0.1, 0.15) is 16.3 Å². The van der Waals surface area contributed by atoms with Crippen LogP contribution >= 0.6 is 0 Å². The number of benzene rings is 2. The quantitative estimate of drug-likeness (QED) is 0.392. The summed E-state index contributed by atoms with van der Waals surface area (Å²) >= 11 is 0. The highest BCUT2D eigenvalue weighted by atomic mass is 19.1. The third-order valence-electron chi connectivity index (χ3n) is 5.16. The number of halogens is 1. The van der Waals surface area contributed by atoms with Crippen LogP contribution in [0.5, 0.6) is 11.6 Å². The van der Waals surface area contributed by atoms with Gasteiger partial charge in [-0.15, -0.1) is 0 Å². The van der Waals surface area contributed by atoms with Crippen LogP contribution in [0.4, 0.5) is 10.1 Å². The summed E-state index contributed by atoms with van der Waals surface area (Å²) in [6, 6.07) is 16.3. The van der Waals surface area contributed by atoms with Gasteiger partial charge in [0, 0.05) is 36.8 Å². The monoisotopic (exact) mass is 469 g/mol. The average molecular weight is 469 g/mol. The number of rotatable bonds is 6. The van der Waals surface area contributed by atoms with E-state index in [0.29, 0.717) is 40.3 Å². The standard InChI is InChI=1S/C25H20FN7O2/c1-16-28-23(33-12-11-27-15-33)14-24(29-16)35-20-9-7-19(8-10-20)30-25(34)22-13-21(31-32(22)2)17-3-5-18(26)6-4-17/h3-15H,1-2H3,(H,30,34). The third kappa shape index (κ3) is 4.91. The molecule has 0 saturated carbocycles. The first-order chi connectivity index (χ1) is 16.9. The molecule has 35 heavy (non-hydrogen) atoms. The molecule has 2 aromatic carbocycles. The number of aromatic nitrogens is 6. The highest BCUT2D eigenvalue weighted by molar-refractivity contribution is 6.03. The summed E-state index contributed by atoms with van der Waals surface area (Å²) in [4.78, 5) is 25.6. The van der Waals surface area contributed by atoms with Gasteiger partial charge in [-0.25, -0.2) is 14.4 Å². The van der Waals surface area contributed by atoms with Crippen LogP contribution in [0.2, 0.25) is 0 Å². The van der Waals surface area contributed by atoms with Gasteiger partial charge in [0.05, 0.1) is 5.69 Å². The molecule has 0 spiro atoms. The maximum Gasteiger partial charge on any atom is 0.273 e. The van der Waals surface area contributed by atoms with Crippen molar-refractivity contribution >= 4 is 11.6 Å². The van der Waals surface area contributed by atoms with Crippen molar-refractivity contribution in [2.45, 2.75) is 6.92 Å². The van der Waals surface area contributed by atoms with E-state index in [2.05, 4.69) is 25.4 Å². The maximum atomic E-state index is 13.2. The largest absolute Gasteiger partial charge is 0.439 e. The lowest BCUT2D eigenvalue weighted by Crippen LogP contribution is -2.15. The van der Waals surface area contributed by atoms with Gasteiger partial charge in [-0.2, -0.15) is 10.1 Å². The summed E-state index contributed by atoms with van der Waals surface area (Å²) in [5.41, 5.74) is 2.26. The van der Waals surface area contributed by atoms with E-state index < -0.39 is 0 Å². The summed E-state index contributed by atoms with van der Waals surface area (Å²) in [6.45, 7) is 1.78. The molecule has 9 nitrogen and oxygen atoms in total. The third-order valence-corrected chi connectivity index (χ3v) is 5.16. The van der Waals surface area contributed by atoms with Crippen LogP contribution in [0, 0.1) is 12.7 Å². The topological polar surface area (TPSA) is 99.8 Å². The van der Waals surface area contributed by atoms with Gasteiger partial charge in [-0.3, -0.25) is 14.0 Å². The fourth-order valence-electron chi connectivity index (χ4n) is 3.47. The number of carbonyl (C=O) groups is 1. The number of aryl methyl sites for hydroxylation is 2. The van der Waals surface area contributed by atoms with E-state index >= 15 is 0 Å². The van der Waals surface area contributed by atoms with Crippen molar-refractivity contribution in [1.29, 1.82) is 0 Å². The SMILES string of the molecule is Cc1nc(Oc2ccc(NC(=O)c3cc(-c4ccc(F)cc4)nn3C)cc2)cc(-n2ccnc2)n1. The molecule has 3 aromatic heterocycles. The number of hydrogen-bond donors (Lipinski definition) is 1. The van der Waals surface area contributed by atoms with E-state index in [1.165, 1.54) is 16.8 Å². The van der Waals surface area contributed by atoms with Gasteiger partial charge in [0.2, 0.25) is 5.88 Å². The highest BCUT2D eigenvalue weighted by Crippen LogP contribution is 2.24. The lowest BCUT2D eigenvalue weighted by Gasteiger charge is -2.09. The minimum atomic E-state index is -0.330. The van der Waals surface area contributed by atoms with Crippen LogP contribution in [0.3, 0.4) is 0 Å². The van der Waals surface area contributed by atoms with E-state index in [-0.39, 0.29) is 11.7 Å². The first-order valence-corrected chi connectivity index (χ1v) is 10.7. The number of ether oxygens (including phenoxy) is 1. The van der Waals surface area contributed by atoms with Gasteiger partial charge < -0.3 is 10.1 Å². The zero-order valence-electron chi connectivity index (χ0n) is 18.9. The molecule has 1 N–H and O–H groups in total. The lowest BCUT2D eigenvalue weighted by atomic mass is 10.1. The second kappa shape index (κ2) is 9.18. The van der Waals surface area contributed by atoms with Crippen LogP contribution in [-0.4, -0.2) is 35.2 Å². The molecule has 0 fully saturated rings. The maximum absolute atomic E-state index is 13.2. The second-order valence-electron chi connectivity index (χ2n) is 7.71. The van der Waals surface area contributed by atoms with Crippen molar-refractivity contribution < 1.29 is 13.9 Å². The first-order valence-electron chi connectivity index (χ1n) is 10.7. The molecule has 5 rings (SSSR count). The van der Waals surface area contributed by atoms with Gasteiger partial charge in [0.15, 0.2) is 0 Å². The van der Waals surface area contributed by atoms with Crippen LogP contribution in [-0.2, 0) is 7.05 Å². The number of nitrogens with zero attached hydrogens (tertiary/aromatic N) is 6. The minimum absolute atomic E-state index is 0.321. The summed E-state index contributed by atoms with van der Waals surface area (Å²) in [5, 5.41) is 7.21. The number of hydrogen-bond acceptors (Lipinski definition) is 6. The van der Waals surface area contributed by atoms with Gasteiger partial charge in [0.25, 0.3) is 5.91 Å². The fraction of sp³-hybridized carbons (Fsp3) is 0.0800. The number of imidazole rings is 1. The lowest BCUT2D eigenvalue weighted by molar-refractivity contribution is 0.101. The molecule has 174 valence electrons. The smallest absolute Gasteiger partial charge is 0.273 e. The molecule has 0 aliphatic heterocycles. The Bertz CT molecular complexity index is 1480. The molecule has 1 amide bonds. The van der Waals surface area contributed by atoms with Crippen molar-refractivity contribution in [1.82, 2.24) is 29.3 Å². The Labute approximate surface area is 199 Å². The van der Waals surface area contributed by atoms with Gasteiger partial charge in [-0.1, -0.05) is 0 Å². The zero-order valence-corrected chi connectivity index (χ0v) is 18.9. The van der Waals surface area contributed by atoms with Crippen LogP contribution in [0.15, 0.2) is 79.4 Å². The van der Waals surface area contributed by atoms with Crippen molar-refractivity contribution in [2.75, 3.05) is 5.32 Å². The van der Waals surface area contributed by atoms with E-state index in [4.69, 9.17) is 4.74 Å². The Balaban J connectivity index is 1.28. The highest BCUT2D eigenvalue weighted by Gasteiger charge is 2.15. The van der Waals surface area contributed by atoms with Crippen LogP contribution < -0.4 is 10.1 Å². The predicted molar refractivity (Wildman–Crippen MR) is 127 cm³/mol. The van der Waals surface area contributed by atoms with E-state index in [1.807, 2.05) is 0 Å². The molecule has 0 radical (unpaired) electrons. The first kappa shape index (κ1) is 22.0. The molecule has 0 unspecified atom stereocenters. The fourth-order valence-corrected chi connectivity index (χ4v) is 3.47. The summed E-state index contributed by atoms with van der Waals surface area (Å²) in [6.07, 6.45) is 5.10. The van der Waals surface area contributed by atoms with Crippen molar-refractivity contribution in [3.05, 3.63) is 96.7 Å². The van der Waals surface area contributed by atoms with Crippen molar-refractivity contribution in [3.63, 3.8) is 0 Å².